The number of amides is 1. The molecule has 0 saturated heterocycles. The highest BCUT2D eigenvalue weighted by Gasteiger charge is 2.47. The normalized spacial score (nSPS) is 29.0. The third-order valence-electron chi connectivity index (χ3n) is 4.87. The minimum absolute atomic E-state index is 0.154. The number of carbonyl (C=O) groups is 1. The summed E-state index contributed by atoms with van der Waals surface area (Å²) in [6, 6.07) is 0.377. The van der Waals surface area contributed by atoms with Crippen LogP contribution in [0.1, 0.15) is 58.8 Å². The summed E-state index contributed by atoms with van der Waals surface area (Å²) in [5, 5.41) is 3.54. The number of hydrogen-bond acceptors (Lipinski definition) is 2. The first-order chi connectivity index (χ1) is 8.05. The van der Waals surface area contributed by atoms with Crippen molar-refractivity contribution in [3.05, 3.63) is 0 Å². The van der Waals surface area contributed by atoms with Crippen molar-refractivity contribution in [1.29, 1.82) is 0 Å². The van der Waals surface area contributed by atoms with Crippen molar-refractivity contribution < 1.29 is 4.79 Å². The summed E-state index contributed by atoms with van der Waals surface area (Å²) >= 11 is 0. The Morgan fingerprint density at radius 1 is 1.24 bits per heavy atom. The maximum Gasteiger partial charge on any atom is 0.234 e. The fraction of sp³-hybridized carbons (Fsp3) is 0.929. The van der Waals surface area contributed by atoms with Crippen molar-refractivity contribution in [2.45, 2.75) is 70.9 Å². The van der Waals surface area contributed by atoms with Gasteiger partial charge in [-0.25, -0.2) is 0 Å². The Labute approximate surface area is 105 Å². The lowest BCUT2D eigenvalue weighted by atomic mass is 9.57. The second-order valence-corrected chi connectivity index (χ2v) is 6.31. The molecule has 2 aliphatic carbocycles. The van der Waals surface area contributed by atoms with E-state index in [2.05, 4.69) is 19.2 Å². The lowest BCUT2D eigenvalue weighted by Crippen LogP contribution is -2.60. The molecule has 0 bridgehead atoms. The molecule has 3 N–H and O–H groups in total. The van der Waals surface area contributed by atoms with Crippen LogP contribution in [0.15, 0.2) is 0 Å². The molecule has 0 aromatic heterocycles. The van der Waals surface area contributed by atoms with Crippen LogP contribution in [-0.4, -0.2) is 18.0 Å². The van der Waals surface area contributed by atoms with E-state index in [4.69, 9.17) is 5.73 Å². The largest absolute Gasteiger partial charge is 0.368 e. The molecular formula is C14H26N2O. The van der Waals surface area contributed by atoms with E-state index in [0.29, 0.717) is 11.5 Å². The fourth-order valence-electron chi connectivity index (χ4n) is 3.63. The second kappa shape index (κ2) is 4.97. The maximum absolute atomic E-state index is 11.4. The highest BCUT2D eigenvalue weighted by Crippen LogP contribution is 2.51. The van der Waals surface area contributed by atoms with Gasteiger partial charge < -0.3 is 11.1 Å². The van der Waals surface area contributed by atoms with E-state index in [1.165, 1.54) is 44.9 Å². The van der Waals surface area contributed by atoms with Crippen molar-refractivity contribution in [3.63, 3.8) is 0 Å². The van der Waals surface area contributed by atoms with Gasteiger partial charge in [0.25, 0.3) is 0 Å². The molecule has 0 aromatic carbocycles. The van der Waals surface area contributed by atoms with Gasteiger partial charge in [0, 0.05) is 6.04 Å². The van der Waals surface area contributed by atoms with Gasteiger partial charge in [-0.2, -0.15) is 0 Å². The summed E-state index contributed by atoms with van der Waals surface area (Å²) in [5.74, 6) is 0.0894. The summed E-state index contributed by atoms with van der Waals surface area (Å²) in [5.41, 5.74) is 5.98. The van der Waals surface area contributed by atoms with Gasteiger partial charge >= 0.3 is 0 Å². The van der Waals surface area contributed by atoms with Gasteiger partial charge in [0.1, 0.15) is 0 Å². The Morgan fingerprint density at radius 2 is 1.88 bits per heavy atom. The monoisotopic (exact) mass is 238 g/mol. The molecule has 17 heavy (non-hydrogen) atoms. The number of nitrogens with one attached hydrogen (secondary N) is 1. The second-order valence-electron chi connectivity index (χ2n) is 6.31. The minimum atomic E-state index is -0.196. The molecule has 2 aliphatic rings. The van der Waals surface area contributed by atoms with Crippen molar-refractivity contribution in [2.75, 3.05) is 0 Å². The van der Waals surface area contributed by atoms with E-state index < -0.39 is 0 Å². The van der Waals surface area contributed by atoms with E-state index in [1.807, 2.05) is 0 Å². The number of rotatable bonds is 4. The molecule has 0 aromatic rings. The first kappa shape index (κ1) is 12.9. The van der Waals surface area contributed by atoms with Crippen LogP contribution in [0, 0.1) is 11.3 Å². The Morgan fingerprint density at radius 3 is 2.29 bits per heavy atom. The van der Waals surface area contributed by atoms with E-state index in [-0.39, 0.29) is 17.9 Å². The van der Waals surface area contributed by atoms with Crippen molar-refractivity contribution in [3.8, 4) is 0 Å². The summed E-state index contributed by atoms with van der Waals surface area (Å²) in [6.07, 6.45) is 9.35. The summed E-state index contributed by atoms with van der Waals surface area (Å²) in [7, 11) is 0. The third-order valence-corrected chi connectivity index (χ3v) is 4.87. The quantitative estimate of drug-likeness (QED) is 0.789. The lowest BCUT2D eigenvalue weighted by molar-refractivity contribution is -0.122. The van der Waals surface area contributed by atoms with Crippen LogP contribution in [-0.2, 0) is 4.79 Å². The van der Waals surface area contributed by atoms with Gasteiger partial charge in [0.15, 0.2) is 0 Å². The SMILES string of the molecule is CC(C)C(NC1CCC12CCCCC2)C(N)=O. The zero-order valence-electron chi connectivity index (χ0n) is 11.2. The number of carbonyl (C=O) groups excluding carboxylic acids is 1. The van der Waals surface area contributed by atoms with Crippen molar-refractivity contribution in [1.82, 2.24) is 5.32 Å². The Kier molecular flexibility index (Phi) is 3.76. The average Bonchev–Trinajstić information content (AvgIpc) is 2.28. The van der Waals surface area contributed by atoms with Gasteiger partial charge in [0.2, 0.25) is 5.91 Å². The summed E-state index contributed by atoms with van der Waals surface area (Å²) < 4.78 is 0. The lowest BCUT2D eigenvalue weighted by Gasteiger charge is -2.53. The van der Waals surface area contributed by atoms with Gasteiger partial charge in [0.05, 0.1) is 6.04 Å². The molecule has 1 spiro atoms. The standard InChI is InChI=1S/C14H26N2O/c1-10(2)12(13(15)17)16-11-6-9-14(11)7-4-3-5-8-14/h10-12,16H,3-9H2,1-2H3,(H2,15,17). The highest BCUT2D eigenvalue weighted by molar-refractivity contribution is 5.80. The topological polar surface area (TPSA) is 55.1 Å². The van der Waals surface area contributed by atoms with E-state index in [0.717, 1.165) is 0 Å². The van der Waals surface area contributed by atoms with E-state index >= 15 is 0 Å². The minimum Gasteiger partial charge on any atom is -0.368 e. The first-order valence-electron chi connectivity index (χ1n) is 7.10. The van der Waals surface area contributed by atoms with Crippen LogP contribution >= 0.6 is 0 Å². The zero-order valence-corrected chi connectivity index (χ0v) is 11.2. The van der Waals surface area contributed by atoms with Crippen LogP contribution in [0.5, 0.6) is 0 Å². The van der Waals surface area contributed by atoms with Crippen LogP contribution in [0.2, 0.25) is 0 Å². The van der Waals surface area contributed by atoms with E-state index in [9.17, 15) is 4.79 Å². The van der Waals surface area contributed by atoms with Crippen LogP contribution in [0.25, 0.3) is 0 Å². The van der Waals surface area contributed by atoms with Crippen molar-refractivity contribution in [2.24, 2.45) is 17.1 Å². The van der Waals surface area contributed by atoms with Crippen molar-refractivity contribution >= 4 is 5.91 Å². The summed E-state index contributed by atoms with van der Waals surface area (Å²) in [6.45, 7) is 4.13. The zero-order chi connectivity index (χ0) is 12.5. The molecule has 2 atom stereocenters. The molecule has 2 fully saturated rings. The number of nitrogens with two attached hydrogens (primary N) is 1. The van der Waals surface area contributed by atoms with E-state index in [1.54, 1.807) is 0 Å². The fourth-order valence-corrected chi connectivity index (χ4v) is 3.63. The predicted molar refractivity (Wildman–Crippen MR) is 69.5 cm³/mol. The smallest absolute Gasteiger partial charge is 0.234 e. The first-order valence-corrected chi connectivity index (χ1v) is 7.10. The van der Waals surface area contributed by atoms with Crippen LogP contribution in [0.3, 0.4) is 0 Å². The molecule has 1 amide bonds. The Balaban J connectivity index is 1.96. The average molecular weight is 238 g/mol. The Hall–Kier alpha value is -0.570. The van der Waals surface area contributed by atoms with Gasteiger partial charge in [-0.1, -0.05) is 33.1 Å². The molecule has 3 heteroatoms. The molecule has 2 saturated carbocycles. The molecule has 0 heterocycles. The third kappa shape index (κ3) is 2.49. The maximum atomic E-state index is 11.4. The highest BCUT2D eigenvalue weighted by atomic mass is 16.1. The predicted octanol–water partition coefficient (Wildman–Crippen LogP) is 2.20. The molecule has 2 unspecified atom stereocenters. The van der Waals surface area contributed by atoms with Gasteiger partial charge in [-0.3, -0.25) is 4.79 Å². The molecule has 98 valence electrons. The molecule has 0 aliphatic heterocycles. The van der Waals surface area contributed by atoms with Gasteiger partial charge in [-0.15, -0.1) is 0 Å². The van der Waals surface area contributed by atoms with Gasteiger partial charge in [-0.05, 0) is 37.0 Å². The summed E-state index contributed by atoms with van der Waals surface area (Å²) in [4.78, 5) is 11.4. The van der Waals surface area contributed by atoms with Crippen LogP contribution in [0.4, 0.5) is 0 Å². The Bertz CT molecular complexity index is 282. The molecule has 2 rings (SSSR count). The molecule has 0 radical (unpaired) electrons. The molecular weight excluding hydrogens is 212 g/mol. The number of hydrogen-bond donors (Lipinski definition) is 2. The number of primary amides is 1. The molecule has 3 nitrogen and oxygen atoms in total. The van der Waals surface area contributed by atoms with Crippen LogP contribution < -0.4 is 11.1 Å².